The average molecular weight is 398 g/mol. The lowest BCUT2D eigenvalue weighted by Gasteiger charge is -2.39. The molecule has 0 saturated carbocycles. The molecule has 2 fully saturated rings. The molecule has 4 nitrogen and oxygen atoms in total. The van der Waals surface area contributed by atoms with E-state index in [1.54, 1.807) is 0 Å². The molecule has 2 heterocycles. The molecular formula is C23H28ClN3O. The Hall–Kier alpha value is -2.04. The number of nitrogens with zero attached hydrogens (tertiary/aromatic N) is 3. The minimum Gasteiger partial charge on any atom is -0.368 e. The van der Waals surface area contributed by atoms with Gasteiger partial charge in [0.05, 0.1) is 0 Å². The molecule has 2 saturated heterocycles. The van der Waals surface area contributed by atoms with Gasteiger partial charge in [0.15, 0.2) is 0 Å². The van der Waals surface area contributed by atoms with Gasteiger partial charge in [0.1, 0.15) is 0 Å². The van der Waals surface area contributed by atoms with Gasteiger partial charge in [0.25, 0.3) is 0 Å². The Kier molecular flexibility index (Phi) is 6.18. The van der Waals surface area contributed by atoms with Gasteiger partial charge in [-0.05, 0) is 55.8 Å². The SMILES string of the molecule is O=C(C1CCN(Cc2ccc(Cl)cc2)CC1)N1CCN(c2ccccc2)CC1. The zero-order valence-corrected chi connectivity index (χ0v) is 17.0. The monoisotopic (exact) mass is 397 g/mol. The first-order valence-corrected chi connectivity index (χ1v) is 10.6. The minimum absolute atomic E-state index is 0.185. The number of carbonyl (C=O) groups is 1. The van der Waals surface area contributed by atoms with Gasteiger partial charge in [-0.2, -0.15) is 0 Å². The summed E-state index contributed by atoms with van der Waals surface area (Å²) in [5.41, 5.74) is 2.54. The van der Waals surface area contributed by atoms with E-state index < -0.39 is 0 Å². The molecule has 0 atom stereocenters. The number of hydrogen-bond donors (Lipinski definition) is 0. The van der Waals surface area contributed by atoms with Crippen LogP contribution < -0.4 is 4.90 Å². The zero-order valence-electron chi connectivity index (χ0n) is 16.3. The highest BCUT2D eigenvalue weighted by molar-refractivity contribution is 6.30. The maximum Gasteiger partial charge on any atom is 0.225 e. The molecule has 1 amide bonds. The van der Waals surface area contributed by atoms with Gasteiger partial charge in [-0.3, -0.25) is 9.69 Å². The van der Waals surface area contributed by atoms with Crippen molar-refractivity contribution in [2.24, 2.45) is 5.92 Å². The molecule has 2 aromatic rings. The first-order valence-electron chi connectivity index (χ1n) is 10.2. The van der Waals surface area contributed by atoms with Crippen molar-refractivity contribution in [2.75, 3.05) is 44.2 Å². The van der Waals surface area contributed by atoms with Crippen LogP contribution in [0.25, 0.3) is 0 Å². The van der Waals surface area contributed by atoms with Crippen molar-refractivity contribution in [3.63, 3.8) is 0 Å². The zero-order chi connectivity index (χ0) is 19.3. The third-order valence-corrected chi connectivity index (χ3v) is 6.22. The normalized spacial score (nSPS) is 19.0. The van der Waals surface area contributed by atoms with Crippen LogP contribution in [0.2, 0.25) is 5.02 Å². The summed E-state index contributed by atoms with van der Waals surface area (Å²) in [7, 11) is 0. The molecule has 2 aliphatic heterocycles. The van der Waals surface area contributed by atoms with Crippen LogP contribution in [0, 0.1) is 5.92 Å². The van der Waals surface area contributed by atoms with Crippen molar-refractivity contribution >= 4 is 23.2 Å². The van der Waals surface area contributed by atoms with E-state index in [1.807, 2.05) is 18.2 Å². The van der Waals surface area contributed by atoms with Crippen LogP contribution in [0.4, 0.5) is 5.69 Å². The van der Waals surface area contributed by atoms with E-state index in [4.69, 9.17) is 11.6 Å². The van der Waals surface area contributed by atoms with Crippen molar-refractivity contribution < 1.29 is 4.79 Å². The van der Waals surface area contributed by atoms with E-state index in [-0.39, 0.29) is 5.92 Å². The minimum atomic E-state index is 0.185. The van der Waals surface area contributed by atoms with Gasteiger partial charge in [-0.15, -0.1) is 0 Å². The van der Waals surface area contributed by atoms with E-state index in [9.17, 15) is 4.79 Å². The van der Waals surface area contributed by atoms with E-state index in [0.29, 0.717) is 5.91 Å². The van der Waals surface area contributed by atoms with Crippen LogP contribution in [-0.2, 0) is 11.3 Å². The van der Waals surface area contributed by atoms with Crippen LogP contribution in [0.15, 0.2) is 54.6 Å². The summed E-state index contributed by atoms with van der Waals surface area (Å²) in [6, 6.07) is 18.6. The number of para-hydroxylation sites is 1. The third kappa shape index (κ3) is 4.68. The summed E-state index contributed by atoms with van der Waals surface area (Å²) in [5.74, 6) is 0.545. The molecule has 0 unspecified atom stereocenters. The lowest BCUT2D eigenvalue weighted by molar-refractivity contribution is -0.137. The lowest BCUT2D eigenvalue weighted by atomic mass is 9.94. The smallest absolute Gasteiger partial charge is 0.225 e. The first-order chi connectivity index (χ1) is 13.7. The van der Waals surface area contributed by atoms with E-state index in [1.165, 1.54) is 11.3 Å². The predicted octanol–water partition coefficient (Wildman–Crippen LogP) is 3.90. The number of hydrogen-bond acceptors (Lipinski definition) is 3. The van der Waals surface area contributed by atoms with Crippen molar-refractivity contribution in [3.8, 4) is 0 Å². The van der Waals surface area contributed by atoms with Crippen LogP contribution in [0.1, 0.15) is 18.4 Å². The highest BCUT2D eigenvalue weighted by Gasteiger charge is 2.30. The summed E-state index contributed by atoms with van der Waals surface area (Å²) in [5, 5.41) is 0.778. The van der Waals surface area contributed by atoms with Gasteiger partial charge < -0.3 is 9.80 Å². The van der Waals surface area contributed by atoms with E-state index in [0.717, 1.165) is 63.7 Å². The van der Waals surface area contributed by atoms with E-state index >= 15 is 0 Å². The average Bonchev–Trinajstić information content (AvgIpc) is 2.76. The molecule has 0 aromatic heterocycles. The van der Waals surface area contributed by atoms with Crippen molar-refractivity contribution in [3.05, 3.63) is 65.2 Å². The molecule has 0 radical (unpaired) electrons. The van der Waals surface area contributed by atoms with Crippen molar-refractivity contribution in [1.82, 2.24) is 9.80 Å². The second-order valence-electron chi connectivity index (χ2n) is 7.82. The molecular weight excluding hydrogens is 370 g/mol. The van der Waals surface area contributed by atoms with Crippen LogP contribution in [0.3, 0.4) is 0 Å². The lowest BCUT2D eigenvalue weighted by Crippen LogP contribution is -2.51. The highest BCUT2D eigenvalue weighted by atomic mass is 35.5. The van der Waals surface area contributed by atoms with Gasteiger partial charge in [-0.1, -0.05) is 41.9 Å². The first kappa shape index (κ1) is 19.3. The summed E-state index contributed by atoms with van der Waals surface area (Å²) in [4.78, 5) is 19.9. The molecule has 2 aliphatic rings. The maximum absolute atomic E-state index is 13.0. The number of rotatable bonds is 4. The second kappa shape index (κ2) is 8.97. The van der Waals surface area contributed by atoms with Crippen LogP contribution in [-0.4, -0.2) is 55.0 Å². The van der Waals surface area contributed by atoms with Gasteiger partial charge in [-0.25, -0.2) is 0 Å². The summed E-state index contributed by atoms with van der Waals surface area (Å²) < 4.78 is 0. The Morgan fingerprint density at radius 1 is 0.857 bits per heavy atom. The van der Waals surface area contributed by atoms with Gasteiger partial charge in [0, 0.05) is 49.4 Å². The van der Waals surface area contributed by atoms with Crippen LogP contribution >= 0.6 is 11.6 Å². The molecule has 28 heavy (non-hydrogen) atoms. The standard InChI is InChI=1S/C23H28ClN3O/c24-21-8-6-19(7-9-21)18-25-12-10-20(11-13-25)23(28)27-16-14-26(15-17-27)22-4-2-1-3-5-22/h1-9,20H,10-18H2. The maximum atomic E-state index is 13.0. The number of benzene rings is 2. The topological polar surface area (TPSA) is 26.8 Å². The van der Waals surface area contributed by atoms with E-state index in [2.05, 4.69) is 51.1 Å². The van der Waals surface area contributed by atoms with Gasteiger partial charge in [0.2, 0.25) is 5.91 Å². The molecule has 148 valence electrons. The predicted molar refractivity (Wildman–Crippen MR) is 115 cm³/mol. The second-order valence-corrected chi connectivity index (χ2v) is 8.26. The highest BCUT2D eigenvalue weighted by Crippen LogP contribution is 2.23. The Labute approximate surface area is 172 Å². The fraction of sp³-hybridized carbons (Fsp3) is 0.435. The Morgan fingerprint density at radius 3 is 2.14 bits per heavy atom. The molecule has 0 N–H and O–H groups in total. The Bertz CT molecular complexity index is 764. The number of amides is 1. The van der Waals surface area contributed by atoms with Crippen molar-refractivity contribution in [1.29, 1.82) is 0 Å². The Morgan fingerprint density at radius 2 is 1.50 bits per heavy atom. The molecule has 0 bridgehead atoms. The fourth-order valence-electron chi connectivity index (χ4n) is 4.27. The number of halogens is 1. The number of likely N-dealkylation sites (tertiary alicyclic amines) is 1. The number of anilines is 1. The fourth-order valence-corrected chi connectivity index (χ4v) is 4.39. The number of carbonyl (C=O) groups excluding carboxylic acids is 1. The largest absolute Gasteiger partial charge is 0.368 e. The molecule has 0 aliphatic carbocycles. The molecule has 0 spiro atoms. The number of piperazine rings is 1. The third-order valence-electron chi connectivity index (χ3n) is 5.97. The summed E-state index contributed by atoms with van der Waals surface area (Å²) in [6.07, 6.45) is 1.93. The quantitative estimate of drug-likeness (QED) is 0.782. The molecule has 5 heteroatoms. The summed E-state index contributed by atoms with van der Waals surface area (Å²) in [6.45, 7) is 6.42. The summed E-state index contributed by atoms with van der Waals surface area (Å²) >= 11 is 5.97. The van der Waals surface area contributed by atoms with Crippen LogP contribution in [0.5, 0.6) is 0 Å². The van der Waals surface area contributed by atoms with Crippen molar-refractivity contribution in [2.45, 2.75) is 19.4 Å². The molecule has 4 rings (SSSR count). The van der Waals surface area contributed by atoms with Gasteiger partial charge >= 0.3 is 0 Å². The Balaban J connectivity index is 1.24. The number of piperidine rings is 1. The molecule has 2 aromatic carbocycles.